The number of H-pyrrole nitrogens is 1. The number of furan rings is 1. The number of aromatic nitrogens is 1. The molecule has 3 atom stereocenters. The van der Waals surface area contributed by atoms with Gasteiger partial charge in [0.2, 0.25) is 11.8 Å². The Balaban J connectivity index is 1.94. The van der Waals surface area contributed by atoms with Gasteiger partial charge in [0.15, 0.2) is 3.95 Å². The maximum absolute atomic E-state index is 12.1. The van der Waals surface area contributed by atoms with Gasteiger partial charge in [-0.3, -0.25) is 14.9 Å². The molecule has 3 unspecified atom stereocenters. The van der Waals surface area contributed by atoms with Crippen molar-refractivity contribution in [3.63, 3.8) is 0 Å². The van der Waals surface area contributed by atoms with Crippen LogP contribution >= 0.6 is 35.3 Å². The van der Waals surface area contributed by atoms with E-state index in [0.717, 1.165) is 9.90 Å². The standard InChI is InChI=1S/C12H8N2O3S3/c15-9-6-5(4-2-1-3-17-4)8-11(14-12(18)20-8)19-7(6)10(16)13-9/h1-3,5-7H,(H,14,18)(H,13,15,16). The lowest BCUT2D eigenvalue weighted by Gasteiger charge is -2.27. The molecule has 2 N–H and O–H groups in total. The van der Waals surface area contributed by atoms with Crippen molar-refractivity contribution < 1.29 is 14.0 Å². The molecule has 4 heterocycles. The van der Waals surface area contributed by atoms with Crippen LogP contribution in [0.5, 0.6) is 0 Å². The minimum Gasteiger partial charge on any atom is -0.469 e. The van der Waals surface area contributed by atoms with Crippen LogP contribution in [0.25, 0.3) is 0 Å². The van der Waals surface area contributed by atoms with Crippen molar-refractivity contribution >= 4 is 47.1 Å². The summed E-state index contributed by atoms with van der Waals surface area (Å²) in [6, 6.07) is 3.62. The molecule has 102 valence electrons. The molecule has 2 aliphatic heterocycles. The third-order valence-electron chi connectivity index (χ3n) is 3.51. The van der Waals surface area contributed by atoms with E-state index in [1.807, 2.05) is 6.07 Å². The summed E-state index contributed by atoms with van der Waals surface area (Å²) in [5.74, 6) is -0.475. The molecule has 1 fully saturated rings. The number of carbonyl (C=O) groups excluding carboxylic acids is 2. The van der Waals surface area contributed by atoms with Gasteiger partial charge in [0, 0.05) is 4.88 Å². The molecule has 4 rings (SSSR count). The fraction of sp³-hybridized carbons (Fsp3) is 0.250. The number of thiazole rings is 1. The zero-order valence-electron chi connectivity index (χ0n) is 9.91. The molecule has 2 aliphatic rings. The Morgan fingerprint density at radius 3 is 2.90 bits per heavy atom. The van der Waals surface area contributed by atoms with Crippen LogP contribution in [-0.2, 0) is 9.59 Å². The number of fused-ring (bicyclic) bond motifs is 2. The number of amides is 2. The van der Waals surface area contributed by atoms with Gasteiger partial charge in [0.05, 0.1) is 23.1 Å². The van der Waals surface area contributed by atoms with Gasteiger partial charge >= 0.3 is 0 Å². The normalized spacial score (nSPS) is 28.1. The Kier molecular flexibility index (Phi) is 2.66. The number of nitrogens with one attached hydrogen (secondary N) is 2. The van der Waals surface area contributed by atoms with Crippen molar-refractivity contribution in [2.24, 2.45) is 5.92 Å². The van der Waals surface area contributed by atoms with Crippen molar-refractivity contribution in [2.45, 2.75) is 16.2 Å². The third kappa shape index (κ3) is 1.65. The van der Waals surface area contributed by atoms with Crippen LogP contribution in [0.4, 0.5) is 0 Å². The Bertz CT molecular complexity index is 761. The maximum Gasteiger partial charge on any atom is 0.240 e. The monoisotopic (exact) mass is 324 g/mol. The second kappa shape index (κ2) is 4.31. The van der Waals surface area contributed by atoms with Crippen molar-refractivity contribution in [1.82, 2.24) is 10.3 Å². The summed E-state index contributed by atoms with van der Waals surface area (Å²) in [5.41, 5.74) is 0. The molecule has 20 heavy (non-hydrogen) atoms. The van der Waals surface area contributed by atoms with E-state index in [1.165, 1.54) is 23.1 Å². The van der Waals surface area contributed by atoms with Gasteiger partial charge in [-0.2, -0.15) is 0 Å². The van der Waals surface area contributed by atoms with Gasteiger partial charge in [0.25, 0.3) is 0 Å². The van der Waals surface area contributed by atoms with Crippen LogP contribution in [0.2, 0.25) is 0 Å². The van der Waals surface area contributed by atoms with Crippen LogP contribution in [-0.4, -0.2) is 22.0 Å². The van der Waals surface area contributed by atoms with E-state index in [0.29, 0.717) is 9.71 Å². The zero-order chi connectivity index (χ0) is 13.9. The highest BCUT2D eigenvalue weighted by atomic mass is 32.2. The summed E-state index contributed by atoms with van der Waals surface area (Å²) in [7, 11) is 0. The molecule has 5 nitrogen and oxygen atoms in total. The molecule has 0 spiro atoms. The molecule has 0 bridgehead atoms. The van der Waals surface area contributed by atoms with Crippen LogP contribution < -0.4 is 5.32 Å². The average Bonchev–Trinajstić information content (AvgIpc) is 3.08. The van der Waals surface area contributed by atoms with Gasteiger partial charge in [-0.15, -0.1) is 11.3 Å². The Morgan fingerprint density at radius 2 is 2.15 bits per heavy atom. The summed E-state index contributed by atoms with van der Waals surface area (Å²) in [6.07, 6.45) is 1.58. The average molecular weight is 324 g/mol. The summed E-state index contributed by atoms with van der Waals surface area (Å²) in [4.78, 5) is 28.1. The number of hydrogen-bond donors (Lipinski definition) is 2. The molecule has 0 aliphatic carbocycles. The number of aromatic amines is 1. The first-order chi connectivity index (χ1) is 9.65. The number of imide groups is 1. The molecule has 1 saturated heterocycles. The molecule has 2 aromatic heterocycles. The Morgan fingerprint density at radius 1 is 1.30 bits per heavy atom. The van der Waals surface area contributed by atoms with Gasteiger partial charge in [-0.25, -0.2) is 0 Å². The quantitative estimate of drug-likeness (QED) is 0.622. The van der Waals surface area contributed by atoms with Crippen LogP contribution in [0.15, 0.2) is 27.8 Å². The maximum atomic E-state index is 12.1. The first-order valence-electron chi connectivity index (χ1n) is 5.93. The van der Waals surface area contributed by atoms with Gasteiger partial charge < -0.3 is 9.40 Å². The summed E-state index contributed by atoms with van der Waals surface area (Å²) < 4.78 is 6.13. The predicted octanol–water partition coefficient (Wildman–Crippen LogP) is 2.28. The summed E-state index contributed by atoms with van der Waals surface area (Å²) in [6.45, 7) is 0. The molecular formula is C12H8N2O3S3. The lowest BCUT2D eigenvalue weighted by molar-refractivity contribution is -0.125. The third-order valence-corrected chi connectivity index (χ3v) is 6.28. The second-order valence-corrected chi connectivity index (χ2v) is 7.49. The van der Waals surface area contributed by atoms with E-state index in [-0.39, 0.29) is 17.7 Å². The van der Waals surface area contributed by atoms with Gasteiger partial charge in [-0.1, -0.05) is 11.8 Å². The first-order valence-corrected chi connectivity index (χ1v) is 8.03. The van der Waals surface area contributed by atoms with E-state index in [2.05, 4.69) is 10.3 Å². The fourth-order valence-corrected chi connectivity index (χ4v) is 5.62. The zero-order valence-corrected chi connectivity index (χ0v) is 12.4. The minimum atomic E-state index is -0.437. The van der Waals surface area contributed by atoms with E-state index in [1.54, 1.807) is 12.3 Å². The highest BCUT2D eigenvalue weighted by Gasteiger charge is 2.52. The lowest BCUT2D eigenvalue weighted by Crippen LogP contribution is -2.30. The molecular weight excluding hydrogens is 316 g/mol. The summed E-state index contributed by atoms with van der Waals surface area (Å²) in [5, 5.41) is 2.86. The van der Waals surface area contributed by atoms with Crippen LogP contribution in [0.3, 0.4) is 0 Å². The number of carbonyl (C=O) groups is 2. The van der Waals surface area contributed by atoms with E-state index in [4.69, 9.17) is 16.6 Å². The van der Waals surface area contributed by atoms with E-state index >= 15 is 0 Å². The lowest BCUT2D eigenvalue weighted by atomic mass is 9.87. The molecule has 0 aromatic carbocycles. The SMILES string of the molecule is O=C1NC(=O)C2C1Sc1[nH]c(=S)sc1C2c1ccco1. The smallest absolute Gasteiger partial charge is 0.240 e. The van der Waals surface area contributed by atoms with Crippen molar-refractivity contribution in [1.29, 1.82) is 0 Å². The van der Waals surface area contributed by atoms with Crippen molar-refractivity contribution in [2.75, 3.05) is 0 Å². The van der Waals surface area contributed by atoms with Crippen molar-refractivity contribution in [3.05, 3.63) is 33.0 Å². The highest BCUT2D eigenvalue weighted by molar-refractivity contribution is 8.00. The molecule has 0 radical (unpaired) electrons. The second-order valence-electron chi connectivity index (χ2n) is 4.62. The predicted molar refractivity (Wildman–Crippen MR) is 76.3 cm³/mol. The minimum absolute atomic E-state index is 0.237. The molecule has 8 heteroatoms. The molecule has 2 aromatic rings. The first kappa shape index (κ1) is 12.4. The van der Waals surface area contributed by atoms with Crippen molar-refractivity contribution in [3.8, 4) is 0 Å². The van der Waals surface area contributed by atoms with Crippen LogP contribution in [0.1, 0.15) is 16.6 Å². The van der Waals surface area contributed by atoms with E-state index < -0.39 is 11.2 Å². The Labute approximate surface area is 126 Å². The fourth-order valence-electron chi connectivity index (χ4n) is 2.71. The van der Waals surface area contributed by atoms with Gasteiger partial charge in [-0.05, 0) is 24.4 Å². The number of hydrogen-bond acceptors (Lipinski definition) is 6. The molecule has 0 saturated carbocycles. The largest absolute Gasteiger partial charge is 0.469 e. The topological polar surface area (TPSA) is 75.1 Å². The van der Waals surface area contributed by atoms with Gasteiger partial charge in [0.1, 0.15) is 11.0 Å². The molecule has 2 amide bonds. The van der Waals surface area contributed by atoms with E-state index in [9.17, 15) is 9.59 Å². The van der Waals surface area contributed by atoms with Crippen LogP contribution in [0, 0.1) is 9.87 Å². The highest BCUT2D eigenvalue weighted by Crippen LogP contribution is 2.51. The Hall–Kier alpha value is -1.38. The summed E-state index contributed by atoms with van der Waals surface area (Å²) >= 11 is 8.00. The number of thioether (sulfide) groups is 1. The number of rotatable bonds is 1.